The standard InChI is InChI=1S/C16H15BrFNO2/c1-10(11-4-3-5-12(18)8-11)19-16(20)14-9-13(21-2)6-7-15(14)17/h3-10H,1-2H3,(H,19,20). The molecule has 0 aliphatic rings. The molecule has 2 rings (SSSR count). The Morgan fingerprint density at radius 2 is 2.05 bits per heavy atom. The van der Waals surface area contributed by atoms with Crippen LogP contribution < -0.4 is 10.1 Å². The van der Waals surface area contributed by atoms with Crippen molar-refractivity contribution >= 4 is 21.8 Å². The predicted molar refractivity (Wildman–Crippen MR) is 83.0 cm³/mol. The molecule has 2 aromatic rings. The number of carbonyl (C=O) groups excluding carboxylic acids is 1. The molecule has 0 spiro atoms. The van der Waals surface area contributed by atoms with E-state index in [0.29, 0.717) is 21.3 Å². The first-order chi connectivity index (χ1) is 10.0. The van der Waals surface area contributed by atoms with Gasteiger partial charge in [-0.3, -0.25) is 4.79 Å². The summed E-state index contributed by atoms with van der Waals surface area (Å²) >= 11 is 3.34. The molecule has 0 aliphatic heterocycles. The van der Waals surface area contributed by atoms with Crippen LogP contribution >= 0.6 is 15.9 Å². The third-order valence-corrected chi connectivity index (χ3v) is 3.81. The lowest BCUT2D eigenvalue weighted by molar-refractivity contribution is 0.0938. The molecule has 1 atom stereocenters. The van der Waals surface area contributed by atoms with E-state index in [0.717, 1.165) is 0 Å². The number of amides is 1. The van der Waals surface area contributed by atoms with Crippen molar-refractivity contribution in [3.8, 4) is 5.75 Å². The van der Waals surface area contributed by atoms with E-state index in [4.69, 9.17) is 4.74 Å². The molecule has 1 unspecified atom stereocenters. The van der Waals surface area contributed by atoms with Crippen LogP contribution in [0.5, 0.6) is 5.75 Å². The van der Waals surface area contributed by atoms with Gasteiger partial charge in [0, 0.05) is 4.47 Å². The van der Waals surface area contributed by atoms with E-state index >= 15 is 0 Å². The van der Waals surface area contributed by atoms with Crippen LogP contribution in [0.1, 0.15) is 28.9 Å². The first kappa shape index (κ1) is 15.5. The summed E-state index contributed by atoms with van der Waals surface area (Å²) in [5.74, 6) is 0.0236. The molecule has 0 aliphatic carbocycles. The summed E-state index contributed by atoms with van der Waals surface area (Å²) in [7, 11) is 1.54. The molecule has 2 aromatic carbocycles. The zero-order valence-corrected chi connectivity index (χ0v) is 13.3. The fourth-order valence-electron chi connectivity index (χ4n) is 1.94. The fraction of sp³-hybridized carbons (Fsp3) is 0.188. The summed E-state index contributed by atoms with van der Waals surface area (Å²) < 4.78 is 19.0. The van der Waals surface area contributed by atoms with Crippen molar-refractivity contribution in [3.05, 3.63) is 63.9 Å². The van der Waals surface area contributed by atoms with Gasteiger partial charge in [-0.15, -0.1) is 0 Å². The van der Waals surface area contributed by atoms with Crippen molar-refractivity contribution in [3.63, 3.8) is 0 Å². The van der Waals surface area contributed by atoms with Gasteiger partial charge in [0.15, 0.2) is 0 Å². The molecule has 1 N–H and O–H groups in total. The molecule has 3 nitrogen and oxygen atoms in total. The average molecular weight is 352 g/mol. The van der Waals surface area contributed by atoms with Gasteiger partial charge in [0.05, 0.1) is 18.7 Å². The number of hydrogen-bond donors (Lipinski definition) is 1. The molecular formula is C16H15BrFNO2. The maximum absolute atomic E-state index is 13.2. The number of halogens is 2. The lowest BCUT2D eigenvalue weighted by Gasteiger charge is -2.15. The Hall–Kier alpha value is -1.88. The summed E-state index contributed by atoms with van der Waals surface area (Å²) in [5.41, 5.74) is 1.18. The number of rotatable bonds is 4. The molecule has 0 saturated heterocycles. The Balaban J connectivity index is 2.18. The van der Waals surface area contributed by atoms with Gasteiger partial charge in [0.1, 0.15) is 11.6 Å². The van der Waals surface area contributed by atoms with Gasteiger partial charge in [-0.2, -0.15) is 0 Å². The van der Waals surface area contributed by atoms with Gasteiger partial charge in [-0.05, 0) is 58.7 Å². The van der Waals surface area contributed by atoms with Crippen molar-refractivity contribution < 1.29 is 13.9 Å². The van der Waals surface area contributed by atoms with Crippen molar-refractivity contribution in [2.24, 2.45) is 0 Å². The normalized spacial score (nSPS) is 11.8. The second kappa shape index (κ2) is 6.72. The van der Waals surface area contributed by atoms with E-state index in [1.807, 2.05) is 0 Å². The van der Waals surface area contributed by atoms with E-state index in [9.17, 15) is 9.18 Å². The molecular weight excluding hydrogens is 337 g/mol. The summed E-state index contributed by atoms with van der Waals surface area (Å²) in [5, 5.41) is 2.84. The lowest BCUT2D eigenvalue weighted by Crippen LogP contribution is -2.27. The van der Waals surface area contributed by atoms with Crippen LogP contribution in [-0.2, 0) is 0 Å². The monoisotopic (exact) mass is 351 g/mol. The Kier molecular flexibility index (Phi) is 4.96. The maximum Gasteiger partial charge on any atom is 0.253 e. The van der Waals surface area contributed by atoms with Gasteiger partial charge in [0.25, 0.3) is 5.91 Å². The minimum atomic E-state index is -0.323. The molecule has 21 heavy (non-hydrogen) atoms. The number of benzene rings is 2. The van der Waals surface area contributed by atoms with Gasteiger partial charge >= 0.3 is 0 Å². The van der Waals surface area contributed by atoms with Crippen LogP contribution in [-0.4, -0.2) is 13.0 Å². The summed E-state index contributed by atoms with van der Waals surface area (Å²) in [4.78, 5) is 12.3. The van der Waals surface area contributed by atoms with Crippen LogP contribution in [0.3, 0.4) is 0 Å². The van der Waals surface area contributed by atoms with Crippen LogP contribution in [0, 0.1) is 5.82 Å². The largest absolute Gasteiger partial charge is 0.497 e. The predicted octanol–water partition coefficient (Wildman–Crippen LogP) is 4.09. The molecule has 5 heteroatoms. The maximum atomic E-state index is 13.2. The van der Waals surface area contributed by atoms with E-state index in [2.05, 4.69) is 21.2 Å². The zero-order valence-electron chi connectivity index (χ0n) is 11.7. The molecule has 0 saturated carbocycles. The Morgan fingerprint density at radius 3 is 2.71 bits per heavy atom. The van der Waals surface area contributed by atoms with Crippen LogP contribution in [0.15, 0.2) is 46.9 Å². The van der Waals surface area contributed by atoms with Gasteiger partial charge in [-0.1, -0.05) is 12.1 Å². The first-order valence-electron chi connectivity index (χ1n) is 6.41. The highest BCUT2D eigenvalue weighted by Gasteiger charge is 2.15. The summed E-state index contributed by atoms with van der Waals surface area (Å²) in [6.45, 7) is 1.81. The molecule has 110 valence electrons. The average Bonchev–Trinajstić information content (AvgIpc) is 2.47. The summed E-state index contributed by atoms with van der Waals surface area (Å²) in [6, 6.07) is 11.0. The topological polar surface area (TPSA) is 38.3 Å². The Morgan fingerprint density at radius 1 is 1.29 bits per heavy atom. The van der Waals surface area contributed by atoms with Crippen molar-refractivity contribution in [1.82, 2.24) is 5.32 Å². The van der Waals surface area contributed by atoms with E-state index < -0.39 is 0 Å². The van der Waals surface area contributed by atoms with Crippen molar-refractivity contribution in [2.75, 3.05) is 7.11 Å². The minimum Gasteiger partial charge on any atom is -0.497 e. The van der Waals surface area contributed by atoms with Gasteiger partial charge < -0.3 is 10.1 Å². The number of hydrogen-bond acceptors (Lipinski definition) is 2. The molecule has 0 heterocycles. The molecule has 0 radical (unpaired) electrons. The van der Waals surface area contributed by atoms with E-state index in [-0.39, 0.29) is 17.8 Å². The number of nitrogens with one attached hydrogen (secondary N) is 1. The fourth-order valence-corrected chi connectivity index (χ4v) is 2.37. The molecule has 0 bridgehead atoms. The lowest BCUT2D eigenvalue weighted by atomic mass is 10.1. The third kappa shape index (κ3) is 3.82. The first-order valence-corrected chi connectivity index (χ1v) is 7.20. The van der Waals surface area contributed by atoms with Crippen molar-refractivity contribution in [1.29, 1.82) is 0 Å². The van der Waals surface area contributed by atoms with Gasteiger partial charge in [0.2, 0.25) is 0 Å². The molecule has 0 fully saturated rings. The van der Waals surface area contributed by atoms with E-state index in [1.165, 1.54) is 12.1 Å². The Labute approximate surface area is 131 Å². The van der Waals surface area contributed by atoms with Crippen LogP contribution in [0.25, 0.3) is 0 Å². The zero-order chi connectivity index (χ0) is 15.4. The SMILES string of the molecule is COc1ccc(Br)c(C(=O)NC(C)c2cccc(F)c2)c1. The second-order valence-electron chi connectivity index (χ2n) is 4.60. The van der Waals surface area contributed by atoms with Gasteiger partial charge in [-0.25, -0.2) is 4.39 Å². The number of methoxy groups -OCH3 is 1. The molecule has 1 amide bonds. The van der Waals surface area contributed by atoms with Crippen molar-refractivity contribution in [2.45, 2.75) is 13.0 Å². The van der Waals surface area contributed by atoms with Crippen LogP contribution in [0.2, 0.25) is 0 Å². The Bertz CT molecular complexity index is 660. The minimum absolute atomic E-state index is 0.252. The number of carbonyl (C=O) groups is 1. The number of ether oxygens (including phenoxy) is 1. The second-order valence-corrected chi connectivity index (χ2v) is 5.45. The quantitative estimate of drug-likeness (QED) is 0.900. The van der Waals surface area contributed by atoms with E-state index in [1.54, 1.807) is 44.4 Å². The highest BCUT2D eigenvalue weighted by atomic mass is 79.9. The summed E-state index contributed by atoms with van der Waals surface area (Å²) in [6.07, 6.45) is 0. The van der Waals surface area contributed by atoms with Crippen LogP contribution in [0.4, 0.5) is 4.39 Å². The third-order valence-electron chi connectivity index (χ3n) is 3.11. The highest BCUT2D eigenvalue weighted by molar-refractivity contribution is 9.10. The molecule has 0 aromatic heterocycles. The smallest absolute Gasteiger partial charge is 0.253 e. The highest BCUT2D eigenvalue weighted by Crippen LogP contribution is 2.23.